The van der Waals surface area contributed by atoms with Crippen molar-refractivity contribution in [2.75, 3.05) is 19.8 Å². The van der Waals surface area contributed by atoms with Crippen LogP contribution in [0, 0.1) is 0 Å². The summed E-state index contributed by atoms with van der Waals surface area (Å²) in [5.74, 6) is 1.27. The van der Waals surface area contributed by atoms with Gasteiger partial charge < -0.3 is 25.2 Å². The van der Waals surface area contributed by atoms with E-state index in [-0.39, 0.29) is 18.6 Å². The summed E-state index contributed by atoms with van der Waals surface area (Å²) in [5, 5.41) is 16.3. The number of aliphatic hydroxyl groups excluding tert-OH is 1. The number of nitrogens with one attached hydrogen (secondary N) is 2. The SMILES string of the molecule is O=C(NCC(O)c1ccc2c(c1)OCCO2)NC(c1ccccc1)c1ccccc1. The summed E-state index contributed by atoms with van der Waals surface area (Å²) in [6.07, 6.45) is -0.863. The highest BCUT2D eigenvalue weighted by Gasteiger charge is 2.19. The molecule has 4 rings (SSSR count). The second-order valence-electron chi connectivity index (χ2n) is 7.03. The number of carbonyl (C=O) groups excluding carboxylic acids is 1. The molecule has 2 amide bonds. The Kier molecular flexibility index (Phi) is 6.15. The quantitative estimate of drug-likeness (QED) is 0.587. The fraction of sp³-hybridized carbons (Fsp3) is 0.208. The van der Waals surface area contributed by atoms with Crippen LogP contribution in [-0.4, -0.2) is 30.9 Å². The Morgan fingerprint density at radius 1 is 0.833 bits per heavy atom. The Morgan fingerprint density at radius 3 is 2.07 bits per heavy atom. The van der Waals surface area contributed by atoms with Gasteiger partial charge in [-0.15, -0.1) is 0 Å². The fourth-order valence-corrected chi connectivity index (χ4v) is 3.41. The smallest absolute Gasteiger partial charge is 0.315 e. The molecule has 30 heavy (non-hydrogen) atoms. The third-order valence-electron chi connectivity index (χ3n) is 4.95. The number of urea groups is 1. The van der Waals surface area contributed by atoms with Gasteiger partial charge in [0.1, 0.15) is 13.2 Å². The second kappa shape index (κ2) is 9.33. The minimum atomic E-state index is -0.863. The normalized spacial score (nSPS) is 13.5. The first-order chi connectivity index (χ1) is 14.7. The molecule has 3 N–H and O–H groups in total. The van der Waals surface area contributed by atoms with E-state index < -0.39 is 6.10 Å². The maximum atomic E-state index is 12.6. The van der Waals surface area contributed by atoms with Crippen LogP contribution in [-0.2, 0) is 0 Å². The van der Waals surface area contributed by atoms with Crippen LogP contribution in [0.25, 0.3) is 0 Å². The first-order valence-corrected chi connectivity index (χ1v) is 9.92. The molecular formula is C24H24N2O4. The molecule has 0 saturated carbocycles. The third-order valence-corrected chi connectivity index (χ3v) is 4.95. The van der Waals surface area contributed by atoms with Crippen LogP contribution < -0.4 is 20.1 Å². The zero-order valence-corrected chi connectivity index (χ0v) is 16.5. The average molecular weight is 404 g/mol. The van der Waals surface area contributed by atoms with E-state index in [0.717, 1.165) is 11.1 Å². The first kappa shape index (κ1) is 19.8. The van der Waals surface area contributed by atoms with E-state index in [9.17, 15) is 9.90 Å². The zero-order valence-electron chi connectivity index (χ0n) is 16.5. The molecule has 1 atom stereocenters. The van der Waals surface area contributed by atoms with Crippen molar-refractivity contribution in [1.82, 2.24) is 10.6 Å². The van der Waals surface area contributed by atoms with E-state index in [2.05, 4.69) is 10.6 Å². The van der Waals surface area contributed by atoms with Gasteiger partial charge in [-0.05, 0) is 28.8 Å². The van der Waals surface area contributed by atoms with Crippen LogP contribution in [0.1, 0.15) is 28.8 Å². The third kappa shape index (κ3) is 4.72. The lowest BCUT2D eigenvalue weighted by Gasteiger charge is -2.22. The van der Waals surface area contributed by atoms with Gasteiger partial charge >= 0.3 is 6.03 Å². The largest absolute Gasteiger partial charge is 0.486 e. The van der Waals surface area contributed by atoms with Gasteiger partial charge in [-0.25, -0.2) is 4.79 Å². The minimum Gasteiger partial charge on any atom is -0.486 e. The number of carbonyl (C=O) groups is 1. The van der Waals surface area contributed by atoms with Crippen LogP contribution in [0.15, 0.2) is 78.9 Å². The molecule has 1 unspecified atom stereocenters. The molecule has 1 aliphatic heterocycles. The van der Waals surface area contributed by atoms with Crippen molar-refractivity contribution in [2.24, 2.45) is 0 Å². The topological polar surface area (TPSA) is 79.8 Å². The molecule has 6 heteroatoms. The molecule has 0 aliphatic carbocycles. The Bertz CT molecular complexity index is 940. The number of fused-ring (bicyclic) bond motifs is 1. The highest BCUT2D eigenvalue weighted by atomic mass is 16.6. The summed E-state index contributed by atoms with van der Waals surface area (Å²) in [4.78, 5) is 12.6. The average Bonchev–Trinajstić information content (AvgIpc) is 2.81. The Hall–Kier alpha value is -3.51. The molecule has 1 heterocycles. The van der Waals surface area contributed by atoms with E-state index in [1.165, 1.54) is 0 Å². The Labute approximate surface area is 175 Å². The van der Waals surface area contributed by atoms with Gasteiger partial charge in [-0.2, -0.15) is 0 Å². The van der Waals surface area contributed by atoms with Crippen LogP contribution >= 0.6 is 0 Å². The number of benzene rings is 3. The molecule has 0 fully saturated rings. The molecule has 0 spiro atoms. The summed E-state index contributed by atoms with van der Waals surface area (Å²) in [6, 6.07) is 24.2. The predicted molar refractivity (Wildman–Crippen MR) is 114 cm³/mol. The highest BCUT2D eigenvalue weighted by molar-refractivity contribution is 5.75. The van der Waals surface area contributed by atoms with Crippen LogP contribution in [0.4, 0.5) is 4.79 Å². The molecule has 0 radical (unpaired) electrons. The van der Waals surface area contributed by atoms with Crippen molar-refractivity contribution >= 4 is 6.03 Å². The highest BCUT2D eigenvalue weighted by Crippen LogP contribution is 2.32. The maximum absolute atomic E-state index is 12.6. The monoisotopic (exact) mass is 404 g/mol. The lowest BCUT2D eigenvalue weighted by molar-refractivity contribution is 0.163. The van der Waals surface area contributed by atoms with Gasteiger partial charge in [0.15, 0.2) is 11.5 Å². The van der Waals surface area contributed by atoms with Crippen LogP contribution in [0.5, 0.6) is 11.5 Å². The lowest BCUT2D eigenvalue weighted by atomic mass is 9.99. The maximum Gasteiger partial charge on any atom is 0.315 e. The second-order valence-corrected chi connectivity index (χ2v) is 7.03. The number of hydrogen-bond donors (Lipinski definition) is 3. The van der Waals surface area contributed by atoms with Gasteiger partial charge in [0, 0.05) is 6.54 Å². The van der Waals surface area contributed by atoms with E-state index >= 15 is 0 Å². The number of hydrogen-bond acceptors (Lipinski definition) is 4. The molecule has 6 nitrogen and oxygen atoms in total. The summed E-state index contributed by atoms with van der Waals surface area (Å²) in [5.41, 5.74) is 2.61. The van der Waals surface area contributed by atoms with E-state index in [0.29, 0.717) is 30.3 Å². The Balaban J connectivity index is 1.40. The van der Waals surface area contributed by atoms with Crippen molar-refractivity contribution in [3.8, 4) is 11.5 Å². The number of ether oxygens (including phenoxy) is 2. The van der Waals surface area contributed by atoms with Gasteiger partial charge in [0.05, 0.1) is 12.1 Å². The number of amides is 2. The van der Waals surface area contributed by atoms with Crippen molar-refractivity contribution in [3.63, 3.8) is 0 Å². The molecule has 154 valence electrons. The molecule has 3 aromatic carbocycles. The lowest BCUT2D eigenvalue weighted by Crippen LogP contribution is -2.40. The predicted octanol–water partition coefficient (Wildman–Crippen LogP) is 3.58. The van der Waals surface area contributed by atoms with Gasteiger partial charge in [-0.1, -0.05) is 66.7 Å². The zero-order chi connectivity index (χ0) is 20.8. The summed E-state index contributed by atoms with van der Waals surface area (Å²) in [6.45, 7) is 1.07. The van der Waals surface area contributed by atoms with Gasteiger partial charge in [-0.3, -0.25) is 0 Å². The van der Waals surface area contributed by atoms with Crippen LogP contribution in [0.2, 0.25) is 0 Å². The summed E-state index contributed by atoms with van der Waals surface area (Å²) >= 11 is 0. The summed E-state index contributed by atoms with van der Waals surface area (Å²) in [7, 11) is 0. The van der Waals surface area contributed by atoms with Crippen molar-refractivity contribution < 1.29 is 19.4 Å². The molecular weight excluding hydrogens is 380 g/mol. The van der Waals surface area contributed by atoms with Gasteiger partial charge in [0.25, 0.3) is 0 Å². The molecule has 3 aromatic rings. The van der Waals surface area contributed by atoms with Crippen LogP contribution in [0.3, 0.4) is 0 Å². The van der Waals surface area contributed by atoms with Crippen molar-refractivity contribution in [1.29, 1.82) is 0 Å². The number of aliphatic hydroxyl groups is 1. The van der Waals surface area contributed by atoms with Crippen molar-refractivity contribution in [3.05, 3.63) is 95.6 Å². The molecule has 1 aliphatic rings. The van der Waals surface area contributed by atoms with Crippen molar-refractivity contribution in [2.45, 2.75) is 12.1 Å². The first-order valence-electron chi connectivity index (χ1n) is 9.92. The fourth-order valence-electron chi connectivity index (χ4n) is 3.41. The molecule has 0 aromatic heterocycles. The van der Waals surface area contributed by atoms with E-state index in [1.807, 2.05) is 60.7 Å². The van der Waals surface area contributed by atoms with E-state index in [4.69, 9.17) is 9.47 Å². The minimum absolute atomic E-state index is 0.0712. The van der Waals surface area contributed by atoms with Gasteiger partial charge in [0.2, 0.25) is 0 Å². The molecule has 0 bridgehead atoms. The van der Waals surface area contributed by atoms with E-state index in [1.54, 1.807) is 18.2 Å². The number of rotatable bonds is 6. The Morgan fingerprint density at radius 2 is 1.43 bits per heavy atom. The summed E-state index contributed by atoms with van der Waals surface area (Å²) < 4.78 is 11.1. The molecule has 0 saturated heterocycles. The standard InChI is InChI=1S/C24H24N2O4/c27-20(19-11-12-21-22(15-19)30-14-13-29-21)16-25-24(28)26-23(17-7-3-1-4-8-17)18-9-5-2-6-10-18/h1-12,15,20,23,27H,13-14,16H2,(H2,25,26,28).